The van der Waals surface area contributed by atoms with Crippen LogP contribution in [0.4, 0.5) is 0 Å². The lowest BCUT2D eigenvalue weighted by molar-refractivity contribution is 0.447. The summed E-state index contributed by atoms with van der Waals surface area (Å²) in [6, 6.07) is 7.34. The molecule has 1 heteroatoms. The first-order valence-electron chi connectivity index (χ1n) is 7.47. The number of nitrogens with one attached hydrogen (secondary N) is 1. The maximum absolute atomic E-state index is 3.60. The minimum atomic E-state index is 0.712. The molecule has 1 atom stereocenters. The van der Waals surface area contributed by atoms with Crippen LogP contribution in [0.1, 0.15) is 56.2 Å². The molecule has 1 unspecified atom stereocenters. The molecule has 1 N–H and O–H groups in total. The van der Waals surface area contributed by atoms with Gasteiger partial charge in [-0.3, -0.25) is 0 Å². The zero-order chi connectivity index (χ0) is 13.4. The Bertz CT molecular complexity index is 317. The fourth-order valence-electron chi connectivity index (χ4n) is 2.75. The lowest BCUT2D eigenvalue weighted by Gasteiger charge is -2.17. The molecule has 0 bridgehead atoms. The van der Waals surface area contributed by atoms with Crippen LogP contribution >= 0.6 is 0 Å². The summed E-state index contributed by atoms with van der Waals surface area (Å²) in [7, 11) is 0. The smallest absolute Gasteiger partial charge is 0.00669 e. The second-order valence-electron chi connectivity index (χ2n) is 5.31. The molecule has 102 valence electrons. The van der Waals surface area contributed by atoms with Crippen LogP contribution in [0.25, 0.3) is 0 Å². The molecule has 0 saturated heterocycles. The zero-order valence-corrected chi connectivity index (χ0v) is 12.6. The second-order valence-corrected chi connectivity index (χ2v) is 5.31. The maximum Gasteiger partial charge on any atom is 0.00669 e. The van der Waals surface area contributed by atoms with E-state index in [2.05, 4.69) is 51.2 Å². The van der Waals surface area contributed by atoms with Gasteiger partial charge in [-0.25, -0.2) is 0 Å². The summed E-state index contributed by atoms with van der Waals surface area (Å²) in [6.07, 6.45) is 6.41. The highest BCUT2D eigenvalue weighted by molar-refractivity contribution is 5.33. The van der Waals surface area contributed by atoms with E-state index in [-0.39, 0.29) is 0 Å². The van der Waals surface area contributed by atoms with Crippen LogP contribution in [0.2, 0.25) is 0 Å². The fraction of sp³-hybridized carbons (Fsp3) is 0.647. The van der Waals surface area contributed by atoms with E-state index in [1.54, 1.807) is 5.56 Å². The van der Waals surface area contributed by atoms with Gasteiger partial charge in [-0.2, -0.15) is 0 Å². The number of rotatable bonds is 8. The van der Waals surface area contributed by atoms with Crippen LogP contribution in [-0.4, -0.2) is 12.6 Å². The molecule has 1 aromatic carbocycles. The molecule has 0 aliphatic heterocycles. The first-order chi connectivity index (χ1) is 8.69. The van der Waals surface area contributed by atoms with Gasteiger partial charge < -0.3 is 5.32 Å². The highest BCUT2D eigenvalue weighted by atomic mass is 14.9. The van der Waals surface area contributed by atoms with Crippen molar-refractivity contribution in [2.24, 2.45) is 0 Å². The minimum Gasteiger partial charge on any atom is -0.314 e. The highest BCUT2D eigenvalue weighted by Crippen LogP contribution is 2.17. The van der Waals surface area contributed by atoms with Crippen molar-refractivity contribution in [3.63, 3.8) is 0 Å². The Morgan fingerprint density at radius 2 is 1.72 bits per heavy atom. The molecule has 0 heterocycles. The molecule has 0 fully saturated rings. The van der Waals surface area contributed by atoms with E-state index < -0.39 is 0 Å². The Hall–Kier alpha value is -0.820. The average Bonchev–Trinajstić information content (AvgIpc) is 2.33. The first kappa shape index (κ1) is 15.2. The van der Waals surface area contributed by atoms with Gasteiger partial charge in [0.25, 0.3) is 0 Å². The summed E-state index contributed by atoms with van der Waals surface area (Å²) in [4.78, 5) is 0. The highest BCUT2D eigenvalue weighted by Gasteiger charge is 2.07. The van der Waals surface area contributed by atoms with Crippen LogP contribution in [0.15, 0.2) is 18.2 Å². The Kier molecular flexibility index (Phi) is 7.04. The van der Waals surface area contributed by atoms with E-state index >= 15 is 0 Å². The number of hydrogen-bond donors (Lipinski definition) is 1. The Morgan fingerprint density at radius 1 is 1.06 bits per heavy atom. The molecule has 0 aliphatic rings. The van der Waals surface area contributed by atoms with Crippen LogP contribution in [0, 0.1) is 13.8 Å². The lowest BCUT2D eigenvalue weighted by Crippen LogP contribution is -2.28. The summed E-state index contributed by atoms with van der Waals surface area (Å²) >= 11 is 0. The van der Waals surface area contributed by atoms with Crippen molar-refractivity contribution in [2.75, 3.05) is 6.54 Å². The van der Waals surface area contributed by atoms with Gasteiger partial charge in [0.1, 0.15) is 0 Å². The van der Waals surface area contributed by atoms with Crippen LogP contribution < -0.4 is 5.32 Å². The molecule has 0 amide bonds. The minimum absolute atomic E-state index is 0.712. The van der Waals surface area contributed by atoms with Crippen molar-refractivity contribution in [1.29, 1.82) is 0 Å². The van der Waals surface area contributed by atoms with Gasteiger partial charge >= 0.3 is 0 Å². The van der Waals surface area contributed by atoms with E-state index in [9.17, 15) is 0 Å². The van der Waals surface area contributed by atoms with Crippen molar-refractivity contribution in [3.05, 3.63) is 34.9 Å². The SMILES string of the molecule is CCCC(CCCc1c(C)cccc1C)NCC. The van der Waals surface area contributed by atoms with E-state index in [0.29, 0.717) is 6.04 Å². The third-order valence-corrected chi connectivity index (χ3v) is 3.75. The van der Waals surface area contributed by atoms with Gasteiger partial charge in [0, 0.05) is 6.04 Å². The summed E-state index contributed by atoms with van der Waals surface area (Å²) in [5.41, 5.74) is 4.46. The van der Waals surface area contributed by atoms with Gasteiger partial charge in [-0.05, 0) is 62.8 Å². The summed E-state index contributed by atoms with van der Waals surface area (Å²) < 4.78 is 0. The normalized spacial score (nSPS) is 12.7. The molecule has 0 spiro atoms. The van der Waals surface area contributed by atoms with Crippen molar-refractivity contribution in [3.8, 4) is 0 Å². The molecule has 1 rings (SSSR count). The largest absolute Gasteiger partial charge is 0.314 e. The average molecular weight is 247 g/mol. The summed E-state index contributed by atoms with van der Waals surface area (Å²) in [6.45, 7) is 10.0. The third kappa shape index (κ3) is 4.81. The lowest BCUT2D eigenvalue weighted by atomic mass is 9.96. The van der Waals surface area contributed by atoms with Crippen molar-refractivity contribution in [1.82, 2.24) is 5.32 Å². The Morgan fingerprint density at radius 3 is 2.28 bits per heavy atom. The van der Waals surface area contributed by atoms with Crippen molar-refractivity contribution < 1.29 is 0 Å². The van der Waals surface area contributed by atoms with E-state index in [0.717, 1.165) is 6.54 Å². The summed E-state index contributed by atoms with van der Waals surface area (Å²) in [5, 5.41) is 3.60. The molecular weight excluding hydrogens is 218 g/mol. The molecule has 1 nitrogen and oxygen atoms in total. The third-order valence-electron chi connectivity index (χ3n) is 3.75. The van der Waals surface area contributed by atoms with Gasteiger partial charge in [0.2, 0.25) is 0 Å². The van der Waals surface area contributed by atoms with Gasteiger partial charge in [-0.15, -0.1) is 0 Å². The first-order valence-corrected chi connectivity index (χ1v) is 7.47. The predicted octanol–water partition coefficient (Wildman–Crippen LogP) is 4.40. The Balaban J connectivity index is 2.44. The molecule has 18 heavy (non-hydrogen) atoms. The van der Waals surface area contributed by atoms with Gasteiger partial charge in [-0.1, -0.05) is 38.5 Å². The van der Waals surface area contributed by atoms with E-state index in [1.165, 1.54) is 43.2 Å². The zero-order valence-electron chi connectivity index (χ0n) is 12.6. The van der Waals surface area contributed by atoms with Crippen molar-refractivity contribution >= 4 is 0 Å². The molecule has 0 saturated carbocycles. The maximum atomic E-state index is 3.60. The van der Waals surface area contributed by atoms with Crippen LogP contribution in [0.5, 0.6) is 0 Å². The quantitative estimate of drug-likeness (QED) is 0.717. The standard InChI is InChI=1S/C17H29N/c1-5-9-16(18-6-2)12-8-13-17-14(3)10-7-11-15(17)4/h7,10-11,16,18H,5-6,8-9,12-13H2,1-4H3. The van der Waals surface area contributed by atoms with E-state index in [4.69, 9.17) is 0 Å². The van der Waals surface area contributed by atoms with Gasteiger partial charge in [0.05, 0.1) is 0 Å². The molecule has 0 aromatic heterocycles. The second kappa shape index (κ2) is 8.31. The van der Waals surface area contributed by atoms with E-state index in [1.807, 2.05) is 0 Å². The van der Waals surface area contributed by atoms with Crippen molar-refractivity contribution in [2.45, 2.75) is 65.8 Å². The molecule has 1 aromatic rings. The Labute approximate surface area is 113 Å². The van der Waals surface area contributed by atoms with Gasteiger partial charge in [0.15, 0.2) is 0 Å². The topological polar surface area (TPSA) is 12.0 Å². The number of hydrogen-bond acceptors (Lipinski definition) is 1. The fourth-order valence-corrected chi connectivity index (χ4v) is 2.75. The van der Waals surface area contributed by atoms with Crippen LogP contribution in [-0.2, 0) is 6.42 Å². The van der Waals surface area contributed by atoms with Crippen LogP contribution in [0.3, 0.4) is 0 Å². The molecule has 0 radical (unpaired) electrons. The molecular formula is C17H29N. The predicted molar refractivity (Wildman–Crippen MR) is 81.2 cm³/mol. The number of aryl methyl sites for hydroxylation is 2. The monoisotopic (exact) mass is 247 g/mol. The summed E-state index contributed by atoms with van der Waals surface area (Å²) in [5.74, 6) is 0. The number of benzene rings is 1. The molecule has 0 aliphatic carbocycles.